The smallest absolute Gasteiger partial charge is 0.323 e. The number of imide groups is 1. The molecule has 2 atom stereocenters. The van der Waals surface area contributed by atoms with Gasteiger partial charge >= 0.3 is 5.97 Å². The molecule has 0 spiro atoms. The highest BCUT2D eigenvalue weighted by Crippen LogP contribution is 2.46. The monoisotopic (exact) mass is 820 g/mol. The zero-order chi connectivity index (χ0) is 39.8. The van der Waals surface area contributed by atoms with Crippen LogP contribution in [0.1, 0.15) is 79.5 Å². The van der Waals surface area contributed by atoms with Crippen LogP contribution in [0.5, 0.6) is 0 Å². The van der Waals surface area contributed by atoms with Crippen molar-refractivity contribution in [3.63, 3.8) is 0 Å². The number of carboxylic acid groups (broad SMARTS) is 1. The normalized spacial score (nSPS) is 23.2. The first-order valence-corrected chi connectivity index (χ1v) is 21.3. The van der Waals surface area contributed by atoms with Gasteiger partial charge < -0.3 is 15.3 Å². The molecule has 1 saturated carbocycles. The topological polar surface area (TPSA) is 144 Å². The van der Waals surface area contributed by atoms with Gasteiger partial charge in [0.05, 0.1) is 32.3 Å². The van der Waals surface area contributed by atoms with Crippen LogP contribution in [0.3, 0.4) is 0 Å². The lowest BCUT2D eigenvalue weighted by Crippen LogP contribution is -2.33. The number of aryl methyl sites for hydroxylation is 1. The zero-order valence-electron chi connectivity index (χ0n) is 31.0. The standard InChI is InChI=1S/C43H40N4O7S3/c48-33(49)24-47-32-16-4-2-14-30(32)35(40(47)52)37-41(53)46(43(54)57-37)21-6-5-9-25-17-19-27(20-18-25)28-12-7-10-26(23-28)11-8-22-45-31-15-3-1-13-29(31)34(39(45)51)36-38(50)44-42(55)56-36/h1-4,13-20,26,28H,5-12,21-24H2,(H,48,49)(H,44,50,55)/b36-34-,37-35-. The van der Waals surface area contributed by atoms with Gasteiger partial charge in [0, 0.05) is 24.2 Å². The molecule has 2 saturated heterocycles. The highest BCUT2D eigenvalue weighted by Gasteiger charge is 2.44. The number of nitrogens with zero attached hydrogens (tertiary/aromatic N) is 3. The minimum absolute atomic E-state index is 0.0474. The van der Waals surface area contributed by atoms with Crippen LogP contribution in [0.25, 0.3) is 11.1 Å². The average Bonchev–Trinajstić information content (AvgIpc) is 3.87. The Kier molecular flexibility index (Phi) is 11.2. The van der Waals surface area contributed by atoms with E-state index in [1.807, 2.05) is 29.2 Å². The second-order valence-corrected chi connectivity index (χ2v) is 17.6. The number of amides is 5. The highest BCUT2D eigenvalue weighted by molar-refractivity contribution is 8.27. The summed E-state index contributed by atoms with van der Waals surface area (Å²) < 4.78 is 0.369. The van der Waals surface area contributed by atoms with Crippen molar-refractivity contribution in [2.75, 3.05) is 29.4 Å². The molecule has 3 fully saturated rings. The van der Waals surface area contributed by atoms with Crippen molar-refractivity contribution in [1.29, 1.82) is 0 Å². The number of thioether (sulfide) groups is 2. The highest BCUT2D eigenvalue weighted by atomic mass is 32.2. The Bertz CT molecular complexity index is 2290. The largest absolute Gasteiger partial charge is 0.480 e. The summed E-state index contributed by atoms with van der Waals surface area (Å²) in [5, 5.41) is 11.6. The fraction of sp³-hybridized carbons (Fsp3) is 0.326. The number of carboxylic acids is 1. The summed E-state index contributed by atoms with van der Waals surface area (Å²) in [6.45, 7) is 0.295. The quantitative estimate of drug-likeness (QED) is 0.107. The van der Waals surface area contributed by atoms with Gasteiger partial charge in [-0.05, 0) is 91.8 Å². The predicted molar refractivity (Wildman–Crippen MR) is 225 cm³/mol. The van der Waals surface area contributed by atoms with Crippen molar-refractivity contribution in [3.05, 3.63) is 105 Å². The number of benzene rings is 3. The summed E-state index contributed by atoms with van der Waals surface area (Å²) >= 11 is 7.07. The maximum atomic E-state index is 13.6. The van der Waals surface area contributed by atoms with Crippen LogP contribution in [-0.4, -0.2) is 68.8 Å². The van der Waals surface area contributed by atoms with Gasteiger partial charge in [-0.1, -0.05) is 97.5 Å². The SMILES string of the molecule is O=C(O)CN1C(=O)/C(=C2\SC(=O)N(CCCCc3ccc(C4CCCC(CCCN5C(=O)/C(=C6\SC(=S)NC6=O)c6ccccc65)C4)cc3)C2=O)c2ccccc21. The summed E-state index contributed by atoms with van der Waals surface area (Å²) in [6, 6.07) is 23.2. The summed E-state index contributed by atoms with van der Waals surface area (Å²) in [5.41, 5.74) is 5.55. The fourth-order valence-corrected chi connectivity index (χ4v) is 10.8. The molecule has 0 bridgehead atoms. The zero-order valence-corrected chi connectivity index (χ0v) is 33.5. The molecule has 5 aliphatic rings. The van der Waals surface area contributed by atoms with Gasteiger partial charge in [-0.15, -0.1) is 0 Å². The molecule has 2 unspecified atom stereocenters. The number of nitrogens with one attached hydrogen (secondary N) is 1. The molecule has 4 aliphatic heterocycles. The van der Waals surface area contributed by atoms with Gasteiger partial charge in [0.2, 0.25) is 0 Å². The average molecular weight is 821 g/mol. The Balaban J connectivity index is 0.817. The van der Waals surface area contributed by atoms with Gasteiger partial charge in [0.25, 0.3) is 28.9 Å². The lowest BCUT2D eigenvalue weighted by Gasteiger charge is -2.30. The van der Waals surface area contributed by atoms with Crippen LogP contribution in [0.4, 0.5) is 16.2 Å². The van der Waals surface area contributed by atoms with Gasteiger partial charge in [0.15, 0.2) is 0 Å². The second-order valence-electron chi connectivity index (χ2n) is 14.9. The van der Waals surface area contributed by atoms with E-state index in [-0.39, 0.29) is 28.8 Å². The van der Waals surface area contributed by atoms with Crippen molar-refractivity contribution in [1.82, 2.24) is 10.2 Å². The third kappa shape index (κ3) is 7.70. The van der Waals surface area contributed by atoms with E-state index in [9.17, 15) is 33.9 Å². The van der Waals surface area contributed by atoms with Crippen LogP contribution in [0.2, 0.25) is 0 Å². The Morgan fingerprint density at radius 2 is 1.39 bits per heavy atom. The summed E-state index contributed by atoms with van der Waals surface area (Å²) in [6.07, 6.45) is 8.68. The molecule has 3 aromatic rings. The number of hydrogen-bond acceptors (Lipinski definition) is 9. The van der Waals surface area contributed by atoms with E-state index in [4.69, 9.17) is 12.2 Å². The van der Waals surface area contributed by atoms with Gasteiger partial charge in [0.1, 0.15) is 10.9 Å². The summed E-state index contributed by atoms with van der Waals surface area (Å²) in [4.78, 5) is 81.8. The molecule has 14 heteroatoms. The first-order valence-electron chi connectivity index (χ1n) is 19.3. The number of fused-ring (bicyclic) bond motifs is 2. The first-order chi connectivity index (χ1) is 27.6. The number of carbonyl (C=O) groups excluding carboxylic acids is 5. The van der Waals surface area contributed by atoms with Crippen molar-refractivity contribution in [2.24, 2.45) is 5.92 Å². The molecule has 3 aromatic carbocycles. The molecule has 5 amide bonds. The number of unbranched alkanes of at least 4 members (excludes halogenated alkanes) is 1. The summed E-state index contributed by atoms with van der Waals surface area (Å²) in [5.74, 6) is -1.68. The minimum atomic E-state index is -1.17. The van der Waals surface area contributed by atoms with E-state index in [2.05, 4.69) is 29.6 Å². The maximum absolute atomic E-state index is 13.6. The third-order valence-corrected chi connectivity index (χ3v) is 13.6. The second kappa shape index (κ2) is 16.4. The predicted octanol–water partition coefficient (Wildman–Crippen LogP) is 7.51. The molecule has 4 heterocycles. The van der Waals surface area contributed by atoms with E-state index in [0.29, 0.717) is 50.9 Å². The molecule has 0 radical (unpaired) electrons. The Labute approximate surface area is 343 Å². The fourth-order valence-electron chi connectivity index (χ4n) is 8.68. The molecular weight excluding hydrogens is 781 g/mol. The molecule has 292 valence electrons. The molecule has 1 aliphatic carbocycles. The van der Waals surface area contributed by atoms with Crippen molar-refractivity contribution in [3.8, 4) is 0 Å². The van der Waals surface area contributed by atoms with Gasteiger partial charge in [-0.25, -0.2) is 0 Å². The Hall–Kier alpha value is -5.05. The number of thiocarbonyl (C=S) groups is 1. The summed E-state index contributed by atoms with van der Waals surface area (Å²) in [7, 11) is 0. The van der Waals surface area contributed by atoms with Crippen molar-refractivity contribution < 1.29 is 33.9 Å². The molecule has 11 nitrogen and oxygen atoms in total. The molecular formula is C43H40N4O7S3. The Morgan fingerprint density at radius 1 is 0.737 bits per heavy atom. The van der Waals surface area contributed by atoms with Crippen LogP contribution in [0, 0.1) is 5.92 Å². The van der Waals surface area contributed by atoms with Crippen LogP contribution < -0.4 is 15.1 Å². The van der Waals surface area contributed by atoms with Crippen LogP contribution in [0.15, 0.2) is 82.6 Å². The minimum Gasteiger partial charge on any atom is -0.480 e. The number of hydrogen-bond donors (Lipinski definition) is 2. The Morgan fingerprint density at radius 3 is 2.07 bits per heavy atom. The van der Waals surface area contributed by atoms with E-state index in [1.54, 1.807) is 24.3 Å². The molecule has 8 rings (SSSR count). The maximum Gasteiger partial charge on any atom is 0.323 e. The number of rotatable bonds is 12. The van der Waals surface area contributed by atoms with E-state index < -0.39 is 29.6 Å². The number of carbonyl (C=O) groups is 6. The number of aliphatic carboxylic acids is 1. The van der Waals surface area contributed by atoms with E-state index in [0.717, 1.165) is 84.6 Å². The molecule has 57 heavy (non-hydrogen) atoms. The first kappa shape index (κ1) is 38.8. The van der Waals surface area contributed by atoms with Crippen molar-refractivity contribution >= 4 is 97.4 Å². The van der Waals surface area contributed by atoms with E-state index >= 15 is 0 Å². The van der Waals surface area contributed by atoms with E-state index in [1.165, 1.54) is 22.4 Å². The van der Waals surface area contributed by atoms with Crippen LogP contribution in [-0.2, 0) is 30.4 Å². The molecule has 2 N–H and O–H groups in total. The lowest BCUT2D eigenvalue weighted by atomic mass is 9.76. The van der Waals surface area contributed by atoms with Crippen LogP contribution >= 0.6 is 35.7 Å². The number of anilines is 2. The number of para-hydroxylation sites is 2. The van der Waals surface area contributed by atoms with Gasteiger partial charge in [-0.2, -0.15) is 0 Å². The van der Waals surface area contributed by atoms with Gasteiger partial charge in [-0.3, -0.25) is 38.6 Å². The van der Waals surface area contributed by atoms with Crippen molar-refractivity contribution in [2.45, 2.75) is 63.7 Å². The molecule has 0 aromatic heterocycles. The lowest BCUT2D eigenvalue weighted by molar-refractivity contribution is -0.136. The third-order valence-electron chi connectivity index (χ3n) is 11.4.